The van der Waals surface area contributed by atoms with E-state index in [4.69, 9.17) is 9.47 Å². The van der Waals surface area contributed by atoms with Crippen molar-refractivity contribution in [2.75, 3.05) is 26.8 Å². The van der Waals surface area contributed by atoms with Crippen LogP contribution >= 0.6 is 0 Å². The van der Waals surface area contributed by atoms with Crippen molar-refractivity contribution in [3.8, 4) is 5.75 Å². The summed E-state index contributed by atoms with van der Waals surface area (Å²) in [5, 5.41) is 9.54. The van der Waals surface area contributed by atoms with Crippen molar-refractivity contribution >= 4 is 18.0 Å². The number of carboxylic acid groups (broad SMARTS) is 1. The van der Waals surface area contributed by atoms with Gasteiger partial charge in [-0.05, 0) is 123 Å². The second-order valence-corrected chi connectivity index (χ2v) is 12.9. The molecule has 0 amide bonds. The van der Waals surface area contributed by atoms with Crippen LogP contribution in [0, 0.1) is 11.8 Å². The second-order valence-electron chi connectivity index (χ2n) is 12.9. The number of hydrogen-bond donors (Lipinski definition) is 1. The summed E-state index contributed by atoms with van der Waals surface area (Å²) < 4.78 is 11.4. The minimum atomic E-state index is -0.880. The lowest BCUT2D eigenvalue weighted by Gasteiger charge is -2.36. The van der Waals surface area contributed by atoms with Gasteiger partial charge in [-0.25, -0.2) is 4.79 Å². The highest BCUT2D eigenvalue weighted by molar-refractivity contribution is 5.88. The molecule has 1 N–H and O–H groups in total. The Kier molecular flexibility index (Phi) is 12.5. The summed E-state index contributed by atoms with van der Waals surface area (Å²) in [7, 11) is 1.44. The van der Waals surface area contributed by atoms with E-state index in [1.165, 1.54) is 49.5 Å². The standard InChI is InChI=1S/C40H49NO5/c1-45-39(42)16-7-8-26-41(37-14-9-13-34-28-35(40(43)44)23-24-36(34)37)27-25-33-12-5-6-15-38(33)46-29-32-21-19-31(20-22-32)18-17-30-10-3-2-4-11-30/h2-6,10-12,15,17-18,23-24,28,31-32,37H,7-9,13-14,16,19-22,25-27,29H2,1H3,(H,43,44)/b18-17+. The number of allylic oxidation sites excluding steroid dienone is 1. The minimum absolute atomic E-state index is 0.168. The van der Waals surface area contributed by atoms with Gasteiger partial charge in [0.2, 0.25) is 0 Å². The van der Waals surface area contributed by atoms with E-state index < -0.39 is 5.97 Å². The molecule has 0 radical (unpaired) electrons. The summed E-state index contributed by atoms with van der Waals surface area (Å²) in [6.07, 6.45) is 15.4. The Morgan fingerprint density at radius 3 is 2.48 bits per heavy atom. The van der Waals surface area contributed by atoms with Crippen LogP contribution in [0.15, 0.2) is 78.9 Å². The van der Waals surface area contributed by atoms with E-state index in [-0.39, 0.29) is 12.0 Å². The molecule has 2 aliphatic carbocycles. The lowest BCUT2D eigenvalue weighted by atomic mass is 9.82. The molecule has 0 heterocycles. The zero-order valence-electron chi connectivity index (χ0n) is 27.2. The number of carboxylic acids is 1. The van der Waals surface area contributed by atoms with Gasteiger partial charge in [0.1, 0.15) is 5.75 Å². The number of rotatable bonds is 15. The molecule has 2 aliphatic rings. The molecule has 5 rings (SSSR count). The van der Waals surface area contributed by atoms with Crippen molar-refractivity contribution in [2.45, 2.75) is 76.7 Å². The van der Waals surface area contributed by atoms with Crippen molar-refractivity contribution in [1.29, 1.82) is 0 Å². The molecule has 46 heavy (non-hydrogen) atoms. The summed E-state index contributed by atoms with van der Waals surface area (Å²) >= 11 is 0. The van der Waals surface area contributed by atoms with Crippen LogP contribution in [-0.2, 0) is 22.4 Å². The van der Waals surface area contributed by atoms with Crippen molar-refractivity contribution in [2.24, 2.45) is 11.8 Å². The molecule has 1 atom stereocenters. The third-order valence-electron chi connectivity index (χ3n) is 9.78. The molecule has 6 heteroatoms. The topological polar surface area (TPSA) is 76.1 Å². The van der Waals surface area contributed by atoms with Gasteiger partial charge in [-0.2, -0.15) is 0 Å². The SMILES string of the molecule is COC(=O)CCCCN(CCc1ccccc1OCC1CCC(/C=C/c2ccccc2)CC1)C1CCCc2cc(C(=O)O)ccc21. The van der Waals surface area contributed by atoms with Crippen LogP contribution in [0.4, 0.5) is 0 Å². The third kappa shape index (κ3) is 9.56. The maximum absolute atomic E-state index is 11.7. The summed E-state index contributed by atoms with van der Waals surface area (Å²) in [6, 6.07) is 24.8. The van der Waals surface area contributed by atoms with Crippen LogP contribution in [0.1, 0.15) is 96.4 Å². The Hall–Kier alpha value is -3.90. The molecule has 6 nitrogen and oxygen atoms in total. The highest BCUT2D eigenvalue weighted by Crippen LogP contribution is 2.36. The lowest BCUT2D eigenvalue weighted by molar-refractivity contribution is -0.140. The van der Waals surface area contributed by atoms with Crippen LogP contribution in [0.3, 0.4) is 0 Å². The number of benzene rings is 3. The first-order chi connectivity index (χ1) is 22.5. The molecular formula is C40H49NO5. The number of hydrogen-bond acceptors (Lipinski definition) is 5. The van der Waals surface area contributed by atoms with Crippen molar-refractivity contribution in [3.05, 3.63) is 107 Å². The monoisotopic (exact) mass is 623 g/mol. The van der Waals surface area contributed by atoms with Gasteiger partial charge >= 0.3 is 11.9 Å². The van der Waals surface area contributed by atoms with Gasteiger partial charge in [0.25, 0.3) is 0 Å². The molecule has 0 bridgehead atoms. The van der Waals surface area contributed by atoms with Crippen molar-refractivity contribution in [3.63, 3.8) is 0 Å². The second kappa shape index (κ2) is 17.1. The van der Waals surface area contributed by atoms with Gasteiger partial charge in [0.15, 0.2) is 0 Å². The Morgan fingerprint density at radius 1 is 0.913 bits per heavy atom. The van der Waals surface area contributed by atoms with Crippen LogP contribution in [0.5, 0.6) is 5.75 Å². The molecule has 1 unspecified atom stereocenters. The molecule has 0 aliphatic heterocycles. The number of aryl methyl sites for hydroxylation is 1. The number of carbonyl (C=O) groups is 2. The van der Waals surface area contributed by atoms with E-state index in [1.54, 1.807) is 6.07 Å². The van der Waals surface area contributed by atoms with Crippen LogP contribution in [-0.4, -0.2) is 48.8 Å². The van der Waals surface area contributed by atoms with Gasteiger partial charge in [-0.1, -0.05) is 66.7 Å². The van der Waals surface area contributed by atoms with E-state index in [2.05, 4.69) is 71.6 Å². The molecule has 1 saturated carbocycles. The quantitative estimate of drug-likeness (QED) is 0.135. The molecule has 244 valence electrons. The average molecular weight is 624 g/mol. The number of methoxy groups -OCH3 is 1. The number of carbonyl (C=O) groups excluding carboxylic acids is 1. The lowest BCUT2D eigenvalue weighted by Crippen LogP contribution is -2.34. The number of unbranched alkanes of at least 4 members (excludes halogenated alkanes) is 1. The van der Waals surface area contributed by atoms with Gasteiger partial charge in [-0.15, -0.1) is 0 Å². The number of para-hydroxylation sites is 1. The van der Waals surface area contributed by atoms with Crippen LogP contribution in [0.2, 0.25) is 0 Å². The van der Waals surface area contributed by atoms with E-state index in [0.29, 0.717) is 23.8 Å². The Labute approximate surface area is 274 Å². The predicted octanol–water partition coefficient (Wildman–Crippen LogP) is 8.55. The fraction of sp³-hybridized carbons (Fsp3) is 0.450. The van der Waals surface area contributed by atoms with E-state index in [1.807, 2.05) is 12.1 Å². The first-order valence-corrected chi connectivity index (χ1v) is 17.1. The van der Waals surface area contributed by atoms with E-state index in [0.717, 1.165) is 69.5 Å². The number of ether oxygens (including phenoxy) is 2. The Balaban J connectivity index is 1.19. The fourth-order valence-electron chi connectivity index (χ4n) is 7.09. The minimum Gasteiger partial charge on any atom is -0.493 e. The zero-order valence-corrected chi connectivity index (χ0v) is 27.2. The third-order valence-corrected chi connectivity index (χ3v) is 9.78. The average Bonchev–Trinajstić information content (AvgIpc) is 3.10. The largest absolute Gasteiger partial charge is 0.493 e. The van der Waals surface area contributed by atoms with Gasteiger partial charge in [-0.3, -0.25) is 9.69 Å². The fourth-order valence-corrected chi connectivity index (χ4v) is 7.09. The number of fused-ring (bicyclic) bond motifs is 1. The number of aromatic carboxylic acids is 1. The van der Waals surface area contributed by atoms with Gasteiger partial charge in [0, 0.05) is 19.0 Å². The first-order valence-electron chi connectivity index (χ1n) is 17.1. The molecular weight excluding hydrogens is 574 g/mol. The van der Waals surface area contributed by atoms with Crippen molar-refractivity contribution < 1.29 is 24.2 Å². The van der Waals surface area contributed by atoms with E-state index >= 15 is 0 Å². The smallest absolute Gasteiger partial charge is 0.335 e. The maximum atomic E-state index is 11.7. The predicted molar refractivity (Wildman–Crippen MR) is 183 cm³/mol. The zero-order chi connectivity index (χ0) is 32.1. The normalized spacial score (nSPS) is 19.6. The van der Waals surface area contributed by atoms with E-state index in [9.17, 15) is 14.7 Å². The molecule has 0 saturated heterocycles. The summed E-state index contributed by atoms with van der Waals surface area (Å²) in [5.74, 6) is 1.15. The van der Waals surface area contributed by atoms with Crippen LogP contribution < -0.4 is 4.74 Å². The Bertz CT molecular complexity index is 1440. The molecule has 3 aromatic rings. The van der Waals surface area contributed by atoms with Crippen molar-refractivity contribution in [1.82, 2.24) is 4.90 Å². The van der Waals surface area contributed by atoms with Gasteiger partial charge in [0.05, 0.1) is 19.3 Å². The Morgan fingerprint density at radius 2 is 1.70 bits per heavy atom. The highest BCUT2D eigenvalue weighted by Gasteiger charge is 2.27. The summed E-state index contributed by atoms with van der Waals surface area (Å²) in [5.41, 5.74) is 5.23. The first kappa shape index (κ1) is 33.5. The summed E-state index contributed by atoms with van der Waals surface area (Å²) in [4.78, 5) is 25.9. The molecule has 3 aromatic carbocycles. The van der Waals surface area contributed by atoms with Crippen LogP contribution in [0.25, 0.3) is 6.08 Å². The molecule has 1 fully saturated rings. The number of nitrogens with zero attached hydrogens (tertiary/aromatic N) is 1. The maximum Gasteiger partial charge on any atom is 0.335 e. The molecule has 0 aromatic heterocycles. The summed E-state index contributed by atoms with van der Waals surface area (Å²) in [6.45, 7) is 2.49. The molecule has 0 spiro atoms. The van der Waals surface area contributed by atoms with Gasteiger partial charge < -0.3 is 14.6 Å². The highest BCUT2D eigenvalue weighted by atomic mass is 16.5. The number of esters is 1.